The largest absolute Gasteiger partial charge is 0.494 e. The highest BCUT2D eigenvalue weighted by Crippen LogP contribution is 2.37. The molecule has 1 aliphatic heterocycles. The van der Waals surface area contributed by atoms with E-state index in [2.05, 4.69) is 10.2 Å². The molecule has 1 aromatic heterocycles. The minimum absolute atomic E-state index is 0.00596. The predicted octanol–water partition coefficient (Wildman–Crippen LogP) is 3.54. The van der Waals surface area contributed by atoms with Gasteiger partial charge in [0, 0.05) is 51.4 Å². The van der Waals surface area contributed by atoms with Gasteiger partial charge in [0.25, 0.3) is 0 Å². The Kier molecular flexibility index (Phi) is 7.27. The Bertz CT molecular complexity index is 925. The molecular weight excluding hydrogens is 432 g/mol. The topological polar surface area (TPSA) is 73.1 Å². The Labute approximate surface area is 183 Å². The molecule has 1 aromatic carbocycles. The van der Waals surface area contributed by atoms with E-state index in [-0.39, 0.29) is 17.5 Å². The first kappa shape index (κ1) is 23.8. The van der Waals surface area contributed by atoms with Gasteiger partial charge >= 0.3 is 6.18 Å². The van der Waals surface area contributed by atoms with Crippen molar-refractivity contribution in [2.24, 2.45) is 0 Å². The van der Waals surface area contributed by atoms with Crippen molar-refractivity contribution < 1.29 is 32.5 Å². The van der Waals surface area contributed by atoms with Crippen molar-refractivity contribution in [1.82, 2.24) is 9.47 Å². The molecule has 3 rings (SSSR count). The van der Waals surface area contributed by atoms with E-state index in [0.717, 1.165) is 6.07 Å². The maximum atomic E-state index is 13.7. The van der Waals surface area contributed by atoms with Gasteiger partial charge < -0.3 is 25.2 Å². The maximum Gasteiger partial charge on any atom is 0.422 e. The first-order valence-corrected chi connectivity index (χ1v) is 10.4. The van der Waals surface area contributed by atoms with E-state index in [1.165, 1.54) is 16.7 Å². The van der Waals surface area contributed by atoms with Gasteiger partial charge in [-0.3, -0.25) is 9.47 Å². The van der Waals surface area contributed by atoms with Crippen molar-refractivity contribution in [2.45, 2.75) is 26.1 Å². The van der Waals surface area contributed by atoms with E-state index >= 15 is 0 Å². The van der Waals surface area contributed by atoms with Crippen molar-refractivity contribution >= 4 is 11.4 Å². The highest BCUT2D eigenvalue weighted by atomic mass is 19.4. The molecule has 1 saturated heterocycles. The minimum Gasteiger partial charge on any atom is -0.494 e. The number of nitrogens with zero attached hydrogens (tertiary/aromatic N) is 3. The molecule has 0 radical (unpaired) electrons. The standard InChI is InChI=1S/C21H28F4N4O3/c1-14-18(26-2)20(31)29(19(14)30)7-3-6-27-8-10-28(11-9-27)16-12-15(22)4-5-17(16)32-13-21(23,24)25/h4-5,12,26,30-31H,3,6-11,13H2,1-2H3. The van der Waals surface area contributed by atoms with E-state index < -0.39 is 18.6 Å². The fourth-order valence-electron chi connectivity index (χ4n) is 3.91. The molecular formula is C21H28F4N4O3. The molecule has 0 amide bonds. The van der Waals surface area contributed by atoms with Crippen molar-refractivity contribution in [3.63, 3.8) is 0 Å². The number of aromatic hydroxyl groups is 2. The Balaban J connectivity index is 1.54. The second kappa shape index (κ2) is 9.76. The third-order valence-electron chi connectivity index (χ3n) is 5.58. The van der Waals surface area contributed by atoms with Crippen LogP contribution >= 0.6 is 0 Å². The summed E-state index contributed by atoms with van der Waals surface area (Å²) >= 11 is 0. The Morgan fingerprint density at radius 1 is 1.06 bits per heavy atom. The quantitative estimate of drug-likeness (QED) is 0.524. The van der Waals surface area contributed by atoms with Crippen molar-refractivity contribution in [1.29, 1.82) is 0 Å². The third kappa shape index (κ3) is 5.50. The minimum atomic E-state index is -4.47. The molecule has 11 heteroatoms. The van der Waals surface area contributed by atoms with E-state index in [4.69, 9.17) is 4.74 Å². The highest BCUT2D eigenvalue weighted by Gasteiger charge is 2.29. The third-order valence-corrected chi connectivity index (χ3v) is 5.58. The summed E-state index contributed by atoms with van der Waals surface area (Å²) in [6.07, 6.45) is -3.79. The van der Waals surface area contributed by atoms with Gasteiger partial charge in [0.1, 0.15) is 17.3 Å². The van der Waals surface area contributed by atoms with E-state index in [1.54, 1.807) is 14.0 Å². The highest BCUT2D eigenvalue weighted by molar-refractivity contribution is 5.64. The fraction of sp³-hybridized carbons (Fsp3) is 0.524. The van der Waals surface area contributed by atoms with E-state index in [0.29, 0.717) is 62.6 Å². The van der Waals surface area contributed by atoms with Gasteiger partial charge in [-0.2, -0.15) is 13.2 Å². The van der Waals surface area contributed by atoms with Crippen molar-refractivity contribution in [2.75, 3.05) is 56.6 Å². The van der Waals surface area contributed by atoms with Crippen LogP contribution in [0.3, 0.4) is 0 Å². The zero-order chi connectivity index (χ0) is 23.5. The number of anilines is 2. The smallest absolute Gasteiger partial charge is 0.422 e. The zero-order valence-electron chi connectivity index (χ0n) is 18.0. The molecule has 0 spiro atoms. The van der Waals surface area contributed by atoms with E-state index in [9.17, 15) is 27.8 Å². The van der Waals surface area contributed by atoms with Gasteiger partial charge in [-0.05, 0) is 32.0 Å². The van der Waals surface area contributed by atoms with E-state index in [1.807, 2.05) is 4.90 Å². The number of ether oxygens (including phenoxy) is 1. The molecule has 178 valence electrons. The van der Waals surface area contributed by atoms with Crippen LogP contribution in [0.5, 0.6) is 17.5 Å². The monoisotopic (exact) mass is 460 g/mol. The van der Waals surface area contributed by atoms with Crippen molar-refractivity contribution in [3.05, 3.63) is 29.6 Å². The number of hydrogen-bond acceptors (Lipinski definition) is 6. The lowest BCUT2D eigenvalue weighted by Crippen LogP contribution is -2.47. The molecule has 0 atom stereocenters. The van der Waals surface area contributed by atoms with Crippen LogP contribution in [0.1, 0.15) is 12.0 Å². The number of alkyl halides is 3. The van der Waals surface area contributed by atoms with Crippen LogP contribution in [0.4, 0.5) is 28.9 Å². The molecule has 2 aromatic rings. The Hall–Kier alpha value is -2.82. The molecule has 32 heavy (non-hydrogen) atoms. The lowest BCUT2D eigenvalue weighted by molar-refractivity contribution is -0.153. The molecule has 0 aliphatic carbocycles. The number of aromatic nitrogens is 1. The van der Waals surface area contributed by atoms with Crippen LogP contribution in [-0.2, 0) is 6.54 Å². The molecule has 0 bridgehead atoms. The summed E-state index contributed by atoms with van der Waals surface area (Å²) in [5.41, 5.74) is 1.39. The summed E-state index contributed by atoms with van der Waals surface area (Å²) in [4.78, 5) is 3.99. The normalized spacial score (nSPS) is 15.2. The summed E-state index contributed by atoms with van der Waals surface area (Å²) < 4.78 is 57.7. The summed E-state index contributed by atoms with van der Waals surface area (Å²) in [6.45, 7) is 3.72. The number of benzene rings is 1. The molecule has 1 fully saturated rings. The van der Waals surface area contributed by atoms with Crippen molar-refractivity contribution in [3.8, 4) is 17.5 Å². The Morgan fingerprint density at radius 2 is 1.75 bits per heavy atom. The van der Waals surface area contributed by atoms with Crippen LogP contribution in [0.15, 0.2) is 18.2 Å². The average molecular weight is 460 g/mol. The number of rotatable bonds is 8. The van der Waals surface area contributed by atoms with Gasteiger partial charge in [0.05, 0.1) is 5.69 Å². The maximum absolute atomic E-state index is 13.7. The van der Waals surface area contributed by atoms with Crippen LogP contribution in [-0.4, -0.2) is 72.2 Å². The predicted molar refractivity (Wildman–Crippen MR) is 113 cm³/mol. The molecule has 1 aliphatic rings. The lowest BCUT2D eigenvalue weighted by Gasteiger charge is -2.36. The summed E-state index contributed by atoms with van der Waals surface area (Å²) in [7, 11) is 1.67. The number of hydrogen-bond donors (Lipinski definition) is 3. The fourth-order valence-corrected chi connectivity index (χ4v) is 3.91. The summed E-state index contributed by atoms with van der Waals surface area (Å²) in [5.74, 6) is -0.519. The Morgan fingerprint density at radius 3 is 2.34 bits per heavy atom. The molecule has 0 unspecified atom stereocenters. The SMILES string of the molecule is CNc1c(C)c(O)n(CCCN2CCN(c3cc(F)ccc3OCC(F)(F)F)CC2)c1O. The van der Waals surface area contributed by atoms with Crippen LogP contribution in [0, 0.1) is 12.7 Å². The van der Waals surface area contributed by atoms with Gasteiger partial charge in [0.15, 0.2) is 12.5 Å². The van der Waals surface area contributed by atoms with Gasteiger partial charge in [-0.15, -0.1) is 0 Å². The van der Waals surface area contributed by atoms with Crippen LogP contribution < -0.4 is 15.0 Å². The van der Waals surface area contributed by atoms with Crippen LogP contribution in [0.25, 0.3) is 0 Å². The number of nitrogens with one attached hydrogen (secondary N) is 1. The first-order chi connectivity index (χ1) is 15.1. The lowest BCUT2D eigenvalue weighted by atomic mass is 10.2. The average Bonchev–Trinajstić information content (AvgIpc) is 2.95. The van der Waals surface area contributed by atoms with Gasteiger partial charge in [-0.1, -0.05) is 0 Å². The second-order valence-corrected chi connectivity index (χ2v) is 7.75. The van der Waals surface area contributed by atoms with Gasteiger partial charge in [0.2, 0.25) is 5.88 Å². The van der Waals surface area contributed by atoms with Crippen LogP contribution in [0.2, 0.25) is 0 Å². The molecule has 0 saturated carbocycles. The zero-order valence-corrected chi connectivity index (χ0v) is 18.0. The molecule has 2 heterocycles. The second-order valence-electron chi connectivity index (χ2n) is 7.75. The number of piperazine rings is 1. The summed E-state index contributed by atoms with van der Waals surface area (Å²) in [5, 5.41) is 23.3. The first-order valence-electron chi connectivity index (χ1n) is 10.4. The summed E-state index contributed by atoms with van der Waals surface area (Å²) in [6, 6.07) is 3.50. The van der Waals surface area contributed by atoms with Gasteiger partial charge in [-0.25, -0.2) is 4.39 Å². The molecule has 3 N–H and O–H groups in total. The molecule has 7 nitrogen and oxygen atoms in total. The number of halogens is 4.